The third-order valence-electron chi connectivity index (χ3n) is 3.75. The van der Waals surface area contributed by atoms with Gasteiger partial charge in [-0.3, -0.25) is 4.79 Å². The monoisotopic (exact) mass is 396 g/mol. The van der Waals surface area contributed by atoms with E-state index in [-0.39, 0.29) is 42.1 Å². The van der Waals surface area contributed by atoms with Crippen LogP contribution in [-0.4, -0.2) is 41.2 Å². The van der Waals surface area contributed by atoms with E-state index in [0.29, 0.717) is 11.9 Å². The van der Waals surface area contributed by atoms with Crippen LogP contribution < -0.4 is 0 Å². The highest BCUT2D eigenvalue weighted by Crippen LogP contribution is 2.23. The first-order chi connectivity index (χ1) is 12.8. The van der Waals surface area contributed by atoms with E-state index in [2.05, 4.69) is 5.10 Å². The van der Waals surface area contributed by atoms with Crippen molar-refractivity contribution in [2.45, 2.75) is 41.2 Å². The van der Waals surface area contributed by atoms with E-state index in [9.17, 15) is 14.4 Å². The summed E-state index contributed by atoms with van der Waals surface area (Å²) in [7, 11) is 0. The zero-order chi connectivity index (χ0) is 20.6. The Morgan fingerprint density at radius 2 is 1.85 bits per heavy atom. The number of ether oxygens (including phenoxy) is 2. The van der Waals surface area contributed by atoms with Gasteiger partial charge in [0.2, 0.25) is 0 Å². The maximum absolute atomic E-state index is 12.0. The number of halogens is 1. The van der Waals surface area contributed by atoms with Gasteiger partial charge in [0.1, 0.15) is 5.15 Å². The van der Waals surface area contributed by atoms with Gasteiger partial charge in [-0.25, -0.2) is 14.3 Å². The molecule has 0 spiro atoms. The molecular formula is C19H25ClN2O5. The molecule has 27 heavy (non-hydrogen) atoms. The minimum absolute atomic E-state index is 0.0186. The fourth-order valence-corrected chi connectivity index (χ4v) is 2.49. The number of aromatic nitrogens is 2. The van der Waals surface area contributed by atoms with Crippen molar-refractivity contribution in [2.75, 3.05) is 13.2 Å². The highest BCUT2D eigenvalue weighted by atomic mass is 35.5. The molecule has 0 aliphatic heterocycles. The Morgan fingerprint density at radius 1 is 1.22 bits per heavy atom. The van der Waals surface area contributed by atoms with Crippen LogP contribution in [-0.2, 0) is 20.8 Å². The van der Waals surface area contributed by atoms with Crippen molar-refractivity contribution in [1.82, 2.24) is 9.78 Å². The van der Waals surface area contributed by atoms with E-state index in [1.54, 1.807) is 32.9 Å². The number of rotatable bonds is 9. The number of carbonyl (C=O) groups is 3. The average Bonchev–Trinajstić information content (AvgIpc) is 2.94. The zero-order valence-electron chi connectivity index (χ0n) is 16.2. The molecule has 0 saturated carbocycles. The van der Waals surface area contributed by atoms with E-state index in [0.717, 1.165) is 5.57 Å². The summed E-state index contributed by atoms with van der Waals surface area (Å²) in [5.41, 5.74) is 1.09. The average molecular weight is 397 g/mol. The topological polar surface area (TPSA) is 87.5 Å². The highest BCUT2D eigenvalue weighted by Gasteiger charge is 2.23. The molecule has 8 heteroatoms. The molecule has 1 rings (SSSR count). The molecular weight excluding hydrogens is 372 g/mol. The van der Waals surface area contributed by atoms with Crippen LogP contribution in [0, 0.1) is 5.92 Å². The van der Waals surface area contributed by atoms with Crippen LogP contribution in [0.15, 0.2) is 23.3 Å². The molecule has 7 nitrogen and oxygen atoms in total. The molecule has 0 atom stereocenters. The van der Waals surface area contributed by atoms with Gasteiger partial charge >= 0.3 is 11.9 Å². The Morgan fingerprint density at radius 3 is 2.33 bits per heavy atom. The van der Waals surface area contributed by atoms with Gasteiger partial charge in [-0.1, -0.05) is 31.5 Å². The molecule has 0 radical (unpaired) electrons. The minimum atomic E-state index is -0.712. The van der Waals surface area contributed by atoms with Crippen LogP contribution in [0.5, 0.6) is 0 Å². The molecule has 0 bridgehead atoms. The lowest BCUT2D eigenvalue weighted by Gasteiger charge is -2.13. The zero-order valence-corrected chi connectivity index (χ0v) is 17.0. The van der Waals surface area contributed by atoms with Gasteiger partial charge in [-0.05, 0) is 38.3 Å². The highest BCUT2D eigenvalue weighted by molar-refractivity contribution is 6.32. The van der Waals surface area contributed by atoms with Crippen molar-refractivity contribution in [3.05, 3.63) is 39.7 Å². The second-order valence-corrected chi connectivity index (χ2v) is 6.25. The molecule has 0 saturated heterocycles. The number of hydrogen-bond donors (Lipinski definition) is 0. The van der Waals surface area contributed by atoms with Gasteiger partial charge in [0.15, 0.2) is 12.0 Å². The SMILES string of the molecule is C/C=C(\C=C(\Cn1nc(C(=O)OCC)c(C=O)c1Cl)C(C)C)C(=O)OCC. The summed E-state index contributed by atoms with van der Waals surface area (Å²) in [6.07, 6.45) is 3.85. The first-order valence-electron chi connectivity index (χ1n) is 8.73. The Bertz CT molecular complexity index is 762. The predicted molar refractivity (Wildman–Crippen MR) is 102 cm³/mol. The van der Waals surface area contributed by atoms with Crippen LogP contribution in [0.4, 0.5) is 0 Å². The van der Waals surface area contributed by atoms with Crippen LogP contribution in [0.1, 0.15) is 55.5 Å². The lowest BCUT2D eigenvalue weighted by molar-refractivity contribution is -0.138. The molecule has 1 aromatic heterocycles. The van der Waals surface area contributed by atoms with E-state index in [1.165, 1.54) is 4.68 Å². The second-order valence-electron chi connectivity index (χ2n) is 5.89. The summed E-state index contributed by atoms with van der Waals surface area (Å²) < 4.78 is 11.3. The normalized spacial score (nSPS) is 12.3. The summed E-state index contributed by atoms with van der Waals surface area (Å²) in [6, 6.07) is 0. The second kappa shape index (κ2) is 10.7. The van der Waals surface area contributed by atoms with Crippen molar-refractivity contribution < 1.29 is 23.9 Å². The van der Waals surface area contributed by atoms with Crippen molar-refractivity contribution in [1.29, 1.82) is 0 Å². The Hall–Kier alpha value is -2.41. The molecule has 0 aliphatic rings. The third kappa shape index (κ3) is 5.79. The summed E-state index contributed by atoms with van der Waals surface area (Å²) in [5, 5.41) is 4.18. The van der Waals surface area contributed by atoms with Crippen LogP contribution >= 0.6 is 11.6 Å². The van der Waals surface area contributed by atoms with Crippen molar-refractivity contribution >= 4 is 29.8 Å². The molecule has 0 fully saturated rings. The molecule has 0 aromatic carbocycles. The fourth-order valence-electron chi connectivity index (χ4n) is 2.26. The molecule has 0 N–H and O–H groups in total. The van der Waals surface area contributed by atoms with Crippen LogP contribution in [0.3, 0.4) is 0 Å². The van der Waals surface area contributed by atoms with Crippen molar-refractivity contribution in [2.24, 2.45) is 5.92 Å². The fraction of sp³-hybridized carbons (Fsp3) is 0.474. The van der Waals surface area contributed by atoms with Gasteiger partial charge < -0.3 is 9.47 Å². The number of nitrogens with zero attached hydrogens (tertiary/aromatic N) is 2. The van der Waals surface area contributed by atoms with E-state index < -0.39 is 11.9 Å². The van der Waals surface area contributed by atoms with Gasteiger partial charge in [0.05, 0.1) is 30.9 Å². The summed E-state index contributed by atoms with van der Waals surface area (Å²) in [6.45, 7) is 9.67. The largest absolute Gasteiger partial charge is 0.462 e. The van der Waals surface area contributed by atoms with Crippen molar-refractivity contribution in [3.63, 3.8) is 0 Å². The molecule has 0 unspecified atom stereocenters. The molecule has 1 aromatic rings. The quantitative estimate of drug-likeness (QED) is 0.274. The predicted octanol–water partition coefficient (Wildman–Crippen LogP) is 3.62. The Balaban J connectivity index is 3.28. The Kier molecular flexibility index (Phi) is 8.94. The number of carbonyl (C=O) groups excluding carboxylic acids is 3. The van der Waals surface area contributed by atoms with Gasteiger partial charge in [0.25, 0.3) is 0 Å². The first kappa shape index (κ1) is 22.6. The van der Waals surface area contributed by atoms with Gasteiger partial charge in [-0.15, -0.1) is 0 Å². The van der Waals surface area contributed by atoms with Crippen molar-refractivity contribution in [3.8, 4) is 0 Å². The maximum atomic E-state index is 12.0. The standard InChI is InChI=1S/C19H25ClN2O5/c1-6-13(18(24)26-7-2)9-14(12(4)5)10-22-17(20)15(11-23)16(21-22)19(25)27-8-3/h6,9,11-12H,7-8,10H2,1-5H3/b13-6+,14-9-. The number of hydrogen-bond acceptors (Lipinski definition) is 6. The number of allylic oxidation sites excluding steroid dienone is 2. The number of esters is 2. The molecule has 148 valence electrons. The number of aldehydes is 1. The molecule has 1 heterocycles. The van der Waals surface area contributed by atoms with Gasteiger partial charge in [-0.2, -0.15) is 5.10 Å². The minimum Gasteiger partial charge on any atom is -0.462 e. The van der Waals surface area contributed by atoms with Crippen LogP contribution in [0.2, 0.25) is 5.15 Å². The maximum Gasteiger partial charge on any atom is 0.359 e. The van der Waals surface area contributed by atoms with E-state index >= 15 is 0 Å². The Labute approximate surface area is 164 Å². The molecule has 0 aliphatic carbocycles. The first-order valence-corrected chi connectivity index (χ1v) is 9.10. The lowest BCUT2D eigenvalue weighted by atomic mass is 10.00. The summed E-state index contributed by atoms with van der Waals surface area (Å²) in [4.78, 5) is 35.4. The smallest absolute Gasteiger partial charge is 0.359 e. The molecule has 0 amide bonds. The van der Waals surface area contributed by atoms with E-state index in [1.807, 2.05) is 13.8 Å². The third-order valence-corrected chi connectivity index (χ3v) is 4.15. The van der Waals surface area contributed by atoms with E-state index in [4.69, 9.17) is 21.1 Å². The summed E-state index contributed by atoms with van der Waals surface area (Å²) in [5.74, 6) is -1.08. The van der Waals surface area contributed by atoms with Gasteiger partial charge in [0, 0.05) is 0 Å². The summed E-state index contributed by atoms with van der Waals surface area (Å²) >= 11 is 6.23. The van der Waals surface area contributed by atoms with Crippen LogP contribution in [0.25, 0.3) is 0 Å². The lowest BCUT2D eigenvalue weighted by Crippen LogP contribution is -2.12.